The Morgan fingerprint density at radius 2 is 1.58 bits per heavy atom. The van der Waals surface area contributed by atoms with Gasteiger partial charge in [0.2, 0.25) is 0 Å². The van der Waals surface area contributed by atoms with Crippen LogP contribution in [0.4, 0.5) is 0 Å². The zero-order valence-electron chi connectivity index (χ0n) is 9.06. The van der Waals surface area contributed by atoms with Gasteiger partial charge in [-0.15, -0.1) is 0 Å². The lowest BCUT2D eigenvalue weighted by molar-refractivity contribution is 0.287. The molecule has 74 valence electrons. The molecule has 1 saturated carbocycles. The molecule has 0 bridgehead atoms. The normalized spacial score (nSPS) is 20.5. The molecule has 0 unspecified atom stereocenters. The minimum atomic E-state index is 0.142. The number of hydrogen-bond donors (Lipinski definition) is 1. The van der Waals surface area contributed by atoms with Gasteiger partial charge in [0.05, 0.1) is 0 Å². The quantitative estimate of drug-likeness (QED) is 0.688. The summed E-state index contributed by atoms with van der Waals surface area (Å²) in [4.78, 5) is 2.19. The Kier molecular flexibility index (Phi) is 5.51. The number of nitrogens with two attached hydrogens (primary N) is 1. The molecule has 1 aliphatic carbocycles. The van der Waals surface area contributed by atoms with E-state index in [2.05, 4.69) is 19.0 Å². The van der Waals surface area contributed by atoms with Crippen molar-refractivity contribution in [1.82, 2.24) is 4.90 Å². The van der Waals surface area contributed by atoms with Crippen LogP contribution in [0.2, 0.25) is 0 Å². The summed E-state index contributed by atoms with van der Waals surface area (Å²) in [6, 6.07) is 0. The zero-order chi connectivity index (χ0) is 9.61. The molecule has 0 atom stereocenters. The van der Waals surface area contributed by atoms with Crippen molar-refractivity contribution in [2.45, 2.75) is 45.1 Å². The highest BCUT2D eigenvalue weighted by Gasteiger charge is 2.29. The maximum Gasteiger partial charge on any atom is 0.0283 e. The van der Waals surface area contributed by atoms with E-state index in [4.69, 9.17) is 5.73 Å². The molecule has 2 heteroatoms. The van der Waals surface area contributed by atoms with Crippen molar-refractivity contribution in [3.05, 3.63) is 0 Å². The number of nitrogens with zero attached hydrogens (tertiary/aromatic N) is 1. The first kappa shape index (κ1) is 11.9. The summed E-state index contributed by atoms with van der Waals surface area (Å²) in [5.74, 6) is 0. The first-order valence-corrected chi connectivity index (χ1v) is 5.06. The highest BCUT2D eigenvalue weighted by Crippen LogP contribution is 2.27. The van der Waals surface area contributed by atoms with Gasteiger partial charge in [-0.1, -0.05) is 26.7 Å². The smallest absolute Gasteiger partial charge is 0.0283 e. The summed E-state index contributed by atoms with van der Waals surface area (Å²) < 4.78 is 0. The third-order valence-corrected chi connectivity index (χ3v) is 2.23. The third kappa shape index (κ3) is 4.07. The minimum Gasteiger partial charge on any atom is -0.324 e. The molecule has 0 saturated heterocycles. The summed E-state index contributed by atoms with van der Waals surface area (Å²) in [7, 11) is 4.18. The average Bonchev–Trinajstić information content (AvgIpc) is 2.38. The summed E-state index contributed by atoms with van der Waals surface area (Å²) in [5.41, 5.74) is 6.26. The van der Waals surface area contributed by atoms with Gasteiger partial charge in [0.15, 0.2) is 0 Å². The van der Waals surface area contributed by atoms with Gasteiger partial charge in [-0.2, -0.15) is 0 Å². The Hall–Kier alpha value is -0.0800. The van der Waals surface area contributed by atoms with E-state index >= 15 is 0 Å². The molecule has 0 aliphatic heterocycles. The van der Waals surface area contributed by atoms with Crippen molar-refractivity contribution in [3.63, 3.8) is 0 Å². The van der Waals surface area contributed by atoms with Crippen LogP contribution in [0.15, 0.2) is 0 Å². The Bertz CT molecular complexity index is 104. The summed E-state index contributed by atoms with van der Waals surface area (Å²) in [6.45, 7) is 5.05. The average molecular weight is 172 g/mol. The zero-order valence-corrected chi connectivity index (χ0v) is 9.06. The van der Waals surface area contributed by atoms with Crippen molar-refractivity contribution in [2.75, 3.05) is 20.6 Å². The van der Waals surface area contributed by atoms with Crippen molar-refractivity contribution in [2.24, 2.45) is 5.73 Å². The van der Waals surface area contributed by atoms with Crippen LogP contribution >= 0.6 is 0 Å². The van der Waals surface area contributed by atoms with Crippen molar-refractivity contribution >= 4 is 0 Å². The van der Waals surface area contributed by atoms with Crippen LogP contribution in [0.1, 0.15) is 39.5 Å². The van der Waals surface area contributed by atoms with Crippen LogP contribution in [0, 0.1) is 0 Å². The predicted octanol–water partition coefficient (Wildman–Crippen LogP) is 1.85. The molecular weight excluding hydrogens is 148 g/mol. The molecule has 1 fully saturated rings. The van der Waals surface area contributed by atoms with E-state index < -0.39 is 0 Å². The second-order valence-electron chi connectivity index (χ2n) is 3.81. The molecular formula is C10H24N2. The van der Waals surface area contributed by atoms with E-state index in [1.807, 2.05) is 13.8 Å². The molecule has 1 rings (SSSR count). The highest BCUT2D eigenvalue weighted by atomic mass is 15.1. The molecule has 0 radical (unpaired) electrons. The number of hydrogen-bond acceptors (Lipinski definition) is 2. The van der Waals surface area contributed by atoms with E-state index in [1.165, 1.54) is 25.7 Å². The first-order chi connectivity index (χ1) is 5.62. The maximum atomic E-state index is 6.12. The molecule has 1 aliphatic rings. The van der Waals surface area contributed by atoms with Gasteiger partial charge < -0.3 is 10.6 Å². The lowest BCUT2D eigenvalue weighted by Crippen LogP contribution is -2.45. The molecule has 2 nitrogen and oxygen atoms in total. The predicted molar refractivity (Wildman–Crippen MR) is 55.3 cm³/mol. The van der Waals surface area contributed by atoms with Gasteiger partial charge >= 0.3 is 0 Å². The summed E-state index contributed by atoms with van der Waals surface area (Å²) in [5, 5.41) is 0. The van der Waals surface area contributed by atoms with Gasteiger partial charge in [-0.25, -0.2) is 0 Å². The Balaban J connectivity index is 0.000000561. The van der Waals surface area contributed by atoms with Gasteiger partial charge in [-0.3, -0.25) is 0 Å². The van der Waals surface area contributed by atoms with E-state index in [0.717, 1.165) is 6.54 Å². The molecule has 0 aromatic carbocycles. The Morgan fingerprint density at radius 3 is 1.92 bits per heavy atom. The fraction of sp³-hybridized carbons (Fsp3) is 1.00. The lowest BCUT2D eigenvalue weighted by atomic mass is 9.99. The molecule has 2 N–H and O–H groups in total. The van der Waals surface area contributed by atoms with E-state index in [1.54, 1.807) is 0 Å². The molecule has 0 amide bonds. The van der Waals surface area contributed by atoms with E-state index in [0.29, 0.717) is 0 Å². The first-order valence-electron chi connectivity index (χ1n) is 5.06. The van der Waals surface area contributed by atoms with Gasteiger partial charge in [0, 0.05) is 12.1 Å². The number of likely N-dealkylation sites (N-methyl/N-ethyl adjacent to an activating group) is 1. The van der Waals surface area contributed by atoms with E-state index in [9.17, 15) is 0 Å². The summed E-state index contributed by atoms with van der Waals surface area (Å²) in [6.07, 6.45) is 5.07. The number of rotatable bonds is 2. The van der Waals surface area contributed by atoms with Crippen molar-refractivity contribution in [3.8, 4) is 0 Å². The van der Waals surface area contributed by atoms with Gasteiger partial charge in [0.25, 0.3) is 0 Å². The SMILES string of the molecule is CC.CN(C)CC1(N)CCCC1. The van der Waals surface area contributed by atoms with Gasteiger partial charge in [-0.05, 0) is 26.9 Å². The fourth-order valence-electron chi connectivity index (χ4n) is 1.87. The largest absolute Gasteiger partial charge is 0.324 e. The fourth-order valence-corrected chi connectivity index (χ4v) is 1.87. The summed E-state index contributed by atoms with van der Waals surface area (Å²) >= 11 is 0. The monoisotopic (exact) mass is 172 g/mol. The van der Waals surface area contributed by atoms with Crippen molar-refractivity contribution in [1.29, 1.82) is 0 Å². The van der Waals surface area contributed by atoms with Crippen LogP contribution in [-0.2, 0) is 0 Å². The van der Waals surface area contributed by atoms with Crippen LogP contribution in [0.5, 0.6) is 0 Å². The second-order valence-corrected chi connectivity index (χ2v) is 3.81. The van der Waals surface area contributed by atoms with Crippen LogP contribution in [-0.4, -0.2) is 31.1 Å². The van der Waals surface area contributed by atoms with Crippen LogP contribution in [0.3, 0.4) is 0 Å². The Labute approximate surface area is 77.1 Å². The molecule has 0 spiro atoms. The highest BCUT2D eigenvalue weighted by molar-refractivity contribution is 4.90. The van der Waals surface area contributed by atoms with Crippen molar-refractivity contribution < 1.29 is 0 Å². The molecule has 0 aromatic heterocycles. The lowest BCUT2D eigenvalue weighted by Gasteiger charge is -2.27. The third-order valence-electron chi connectivity index (χ3n) is 2.23. The van der Waals surface area contributed by atoms with Crippen LogP contribution < -0.4 is 5.73 Å². The standard InChI is InChI=1S/C8H18N2.C2H6/c1-10(2)7-8(9)5-3-4-6-8;1-2/h3-7,9H2,1-2H3;1-2H3. The van der Waals surface area contributed by atoms with Gasteiger partial charge in [0.1, 0.15) is 0 Å². The minimum absolute atomic E-state index is 0.142. The van der Waals surface area contributed by atoms with E-state index in [-0.39, 0.29) is 5.54 Å². The van der Waals surface area contributed by atoms with Crippen LogP contribution in [0.25, 0.3) is 0 Å². The topological polar surface area (TPSA) is 29.3 Å². The molecule has 12 heavy (non-hydrogen) atoms. The Morgan fingerprint density at radius 1 is 1.17 bits per heavy atom. The second kappa shape index (κ2) is 5.55. The molecule has 0 heterocycles. The molecule has 0 aromatic rings. The maximum absolute atomic E-state index is 6.12.